The van der Waals surface area contributed by atoms with Crippen molar-refractivity contribution in [2.24, 2.45) is 0 Å². The fraction of sp³-hybridized carbons (Fsp3) is 0.462. The molecule has 102 valence electrons. The average molecular weight is 278 g/mol. The number of aryl methyl sites for hydroxylation is 3. The number of aromatic nitrogens is 3. The van der Waals surface area contributed by atoms with Gasteiger partial charge in [-0.25, -0.2) is 4.98 Å². The Morgan fingerprint density at radius 2 is 2.21 bits per heavy atom. The Balaban J connectivity index is 2.09. The van der Waals surface area contributed by atoms with Crippen LogP contribution in [0.5, 0.6) is 0 Å². The van der Waals surface area contributed by atoms with Crippen LogP contribution in [-0.2, 0) is 13.0 Å². The molecule has 2 rings (SSSR count). The van der Waals surface area contributed by atoms with Crippen LogP contribution in [0.2, 0.25) is 0 Å². The van der Waals surface area contributed by atoms with Gasteiger partial charge in [-0.15, -0.1) is 11.3 Å². The van der Waals surface area contributed by atoms with E-state index in [1.165, 1.54) is 10.4 Å². The van der Waals surface area contributed by atoms with Gasteiger partial charge in [0.1, 0.15) is 5.82 Å². The van der Waals surface area contributed by atoms with Gasteiger partial charge in [-0.3, -0.25) is 9.89 Å². The first-order valence-electron chi connectivity index (χ1n) is 6.24. The van der Waals surface area contributed by atoms with E-state index in [2.05, 4.69) is 29.0 Å². The van der Waals surface area contributed by atoms with Gasteiger partial charge in [-0.1, -0.05) is 6.92 Å². The van der Waals surface area contributed by atoms with Crippen LogP contribution in [0, 0.1) is 13.8 Å². The molecule has 0 unspecified atom stereocenters. The predicted molar refractivity (Wildman–Crippen MR) is 75.4 cm³/mol. The summed E-state index contributed by atoms with van der Waals surface area (Å²) in [5.41, 5.74) is 1.25. The largest absolute Gasteiger partial charge is 0.333 e. The lowest BCUT2D eigenvalue weighted by Crippen LogP contribution is -2.26. The molecule has 0 saturated heterocycles. The molecule has 2 heterocycles. The molecule has 6 heteroatoms. The minimum Gasteiger partial charge on any atom is -0.333 e. The van der Waals surface area contributed by atoms with Crippen molar-refractivity contribution < 1.29 is 4.79 Å². The highest BCUT2D eigenvalue weighted by Crippen LogP contribution is 2.23. The lowest BCUT2D eigenvalue weighted by Gasteiger charge is -2.13. The summed E-state index contributed by atoms with van der Waals surface area (Å²) in [6.45, 7) is 6.42. The van der Waals surface area contributed by atoms with E-state index in [9.17, 15) is 4.79 Å². The van der Waals surface area contributed by atoms with Gasteiger partial charge in [-0.2, -0.15) is 5.10 Å². The Kier molecular flexibility index (Phi) is 3.99. The summed E-state index contributed by atoms with van der Waals surface area (Å²) >= 11 is 1.55. The van der Waals surface area contributed by atoms with Crippen molar-refractivity contribution in [2.75, 3.05) is 7.05 Å². The number of amides is 1. The van der Waals surface area contributed by atoms with E-state index in [4.69, 9.17) is 0 Å². The summed E-state index contributed by atoms with van der Waals surface area (Å²) in [4.78, 5) is 20.2. The van der Waals surface area contributed by atoms with Gasteiger partial charge in [0, 0.05) is 11.9 Å². The van der Waals surface area contributed by atoms with E-state index in [1.807, 2.05) is 13.0 Å². The van der Waals surface area contributed by atoms with Crippen molar-refractivity contribution in [1.82, 2.24) is 20.1 Å². The Morgan fingerprint density at radius 3 is 2.74 bits per heavy atom. The molecule has 0 aliphatic carbocycles. The molecule has 0 aliphatic heterocycles. The van der Waals surface area contributed by atoms with Crippen LogP contribution < -0.4 is 0 Å². The van der Waals surface area contributed by atoms with Crippen molar-refractivity contribution in [2.45, 2.75) is 33.7 Å². The Morgan fingerprint density at radius 1 is 1.47 bits per heavy atom. The molecule has 5 nitrogen and oxygen atoms in total. The third-order valence-corrected chi connectivity index (χ3v) is 4.06. The topological polar surface area (TPSA) is 61.9 Å². The smallest absolute Gasteiger partial charge is 0.264 e. The lowest BCUT2D eigenvalue weighted by atomic mass is 10.2. The van der Waals surface area contributed by atoms with E-state index in [0.717, 1.165) is 17.1 Å². The third-order valence-electron chi connectivity index (χ3n) is 2.98. The van der Waals surface area contributed by atoms with Crippen molar-refractivity contribution in [1.29, 1.82) is 0 Å². The monoisotopic (exact) mass is 278 g/mol. The number of carbonyl (C=O) groups excluding carboxylic acids is 1. The molecule has 0 bridgehead atoms. The van der Waals surface area contributed by atoms with Gasteiger partial charge in [-0.05, 0) is 31.9 Å². The first-order valence-corrected chi connectivity index (χ1v) is 7.05. The van der Waals surface area contributed by atoms with Crippen LogP contribution in [-0.4, -0.2) is 33.0 Å². The summed E-state index contributed by atoms with van der Waals surface area (Å²) in [6.07, 6.45) is 0.958. The summed E-state index contributed by atoms with van der Waals surface area (Å²) in [5, 5.41) is 6.82. The molecule has 0 radical (unpaired) electrons. The summed E-state index contributed by atoms with van der Waals surface area (Å²) in [6, 6.07) is 1.99. The van der Waals surface area contributed by atoms with Crippen LogP contribution in [0.1, 0.15) is 38.7 Å². The summed E-state index contributed by atoms with van der Waals surface area (Å²) in [5.74, 6) is 1.42. The predicted octanol–water partition coefficient (Wildman–Crippen LogP) is 2.32. The maximum Gasteiger partial charge on any atom is 0.264 e. The Bertz CT molecular complexity index is 587. The minimum atomic E-state index is 0.0234. The molecule has 2 aromatic heterocycles. The summed E-state index contributed by atoms with van der Waals surface area (Å²) < 4.78 is 0. The molecular weight excluding hydrogens is 260 g/mol. The van der Waals surface area contributed by atoms with Gasteiger partial charge in [0.15, 0.2) is 5.82 Å². The first-order chi connectivity index (χ1) is 9.01. The van der Waals surface area contributed by atoms with Crippen molar-refractivity contribution >= 4 is 17.2 Å². The van der Waals surface area contributed by atoms with Gasteiger partial charge in [0.2, 0.25) is 0 Å². The number of rotatable bonds is 4. The maximum absolute atomic E-state index is 12.3. The molecular formula is C13H18N4OS. The molecule has 0 saturated carbocycles. The number of H-pyrrole nitrogens is 1. The van der Waals surface area contributed by atoms with Crippen molar-refractivity contribution in [3.8, 4) is 0 Å². The molecule has 0 aliphatic rings. The number of carbonyl (C=O) groups is 1. The second kappa shape index (κ2) is 5.52. The molecule has 0 atom stereocenters. The lowest BCUT2D eigenvalue weighted by molar-refractivity contribution is 0.0786. The van der Waals surface area contributed by atoms with Gasteiger partial charge < -0.3 is 4.90 Å². The highest BCUT2D eigenvalue weighted by Gasteiger charge is 2.17. The molecule has 0 fully saturated rings. The molecule has 2 aromatic rings. The number of hydrogen-bond acceptors (Lipinski definition) is 4. The zero-order valence-electron chi connectivity index (χ0n) is 11.6. The second-order valence-corrected chi connectivity index (χ2v) is 5.80. The zero-order chi connectivity index (χ0) is 14.0. The molecule has 19 heavy (non-hydrogen) atoms. The van der Waals surface area contributed by atoms with Crippen LogP contribution in [0.3, 0.4) is 0 Å². The minimum absolute atomic E-state index is 0.0234. The molecule has 0 aromatic carbocycles. The van der Waals surface area contributed by atoms with Crippen molar-refractivity contribution in [3.63, 3.8) is 0 Å². The zero-order valence-corrected chi connectivity index (χ0v) is 12.5. The van der Waals surface area contributed by atoms with E-state index in [1.54, 1.807) is 23.3 Å². The normalized spacial score (nSPS) is 10.7. The van der Waals surface area contributed by atoms with E-state index >= 15 is 0 Å². The fourth-order valence-electron chi connectivity index (χ4n) is 1.91. The van der Waals surface area contributed by atoms with Gasteiger partial charge in [0.05, 0.1) is 11.4 Å². The van der Waals surface area contributed by atoms with Gasteiger partial charge in [0.25, 0.3) is 5.91 Å². The molecule has 1 N–H and O–H groups in total. The SMILES string of the molecule is CCc1cc(C(=O)N(C)Cc2n[nH]c(C)n2)sc1C. The van der Waals surface area contributed by atoms with Crippen molar-refractivity contribution in [3.05, 3.63) is 33.0 Å². The third kappa shape index (κ3) is 3.01. The van der Waals surface area contributed by atoms with Crippen LogP contribution in [0.25, 0.3) is 0 Å². The second-order valence-electron chi connectivity index (χ2n) is 4.54. The highest BCUT2D eigenvalue weighted by molar-refractivity contribution is 7.14. The summed E-state index contributed by atoms with van der Waals surface area (Å²) in [7, 11) is 1.77. The van der Waals surface area contributed by atoms with Gasteiger partial charge >= 0.3 is 0 Å². The highest BCUT2D eigenvalue weighted by atomic mass is 32.1. The fourth-order valence-corrected chi connectivity index (χ4v) is 3.02. The number of nitrogens with zero attached hydrogens (tertiary/aromatic N) is 3. The number of nitrogens with one attached hydrogen (secondary N) is 1. The van der Waals surface area contributed by atoms with Crippen LogP contribution >= 0.6 is 11.3 Å². The maximum atomic E-state index is 12.3. The molecule has 1 amide bonds. The first kappa shape index (κ1) is 13.7. The average Bonchev–Trinajstić information content (AvgIpc) is 2.94. The number of thiophene rings is 1. The van der Waals surface area contributed by atoms with Crippen LogP contribution in [0.4, 0.5) is 0 Å². The Labute approximate surface area is 116 Å². The standard InChI is InChI=1S/C13H18N4OS/c1-5-10-6-11(19-8(10)2)13(18)17(4)7-12-14-9(3)15-16-12/h6H,5,7H2,1-4H3,(H,14,15,16). The number of aromatic amines is 1. The van der Waals surface area contributed by atoms with E-state index in [-0.39, 0.29) is 5.91 Å². The van der Waals surface area contributed by atoms with E-state index < -0.39 is 0 Å². The number of hydrogen-bond donors (Lipinski definition) is 1. The van der Waals surface area contributed by atoms with E-state index in [0.29, 0.717) is 12.4 Å². The quantitative estimate of drug-likeness (QED) is 0.933. The van der Waals surface area contributed by atoms with Crippen LogP contribution in [0.15, 0.2) is 6.07 Å². The Hall–Kier alpha value is -1.69. The molecule has 0 spiro atoms.